The lowest BCUT2D eigenvalue weighted by Crippen LogP contribution is -2.29. The molecule has 0 radical (unpaired) electrons. The molecular weight excluding hydrogens is 723 g/mol. The number of carbonyl (C=O) groups is 2. The van der Waals surface area contributed by atoms with E-state index in [1.807, 2.05) is 0 Å². The van der Waals surface area contributed by atoms with Crippen molar-refractivity contribution < 1.29 is 37.9 Å². The maximum Gasteiger partial charge on any atom is 0.469 e. The third kappa shape index (κ3) is 44.5. The zero-order valence-electron chi connectivity index (χ0n) is 35.8. The van der Waals surface area contributed by atoms with Crippen molar-refractivity contribution in [3.05, 3.63) is 60.8 Å². The molecule has 0 heterocycles. The maximum absolute atomic E-state index is 12.4. The molecule has 0 saturated heterocycles. The predicted octanol–water partition coefficient (Wildman–Crippen LogP) is 14.1. The molecule has 8 nitrogen and oxygen atoms in total. The molecule has 1 atom stereocenters. The van der Waals surface area contributed by atoms with Crippen LogP contribution in [0.15, 0.2) is 60.8 Å². The van der Waals surface area contributed by atoms with Crippen molar-refractivity contribution in [1.29, 1.82) is 0 Å². The van der Waals surface area contributed by atoms with Crippen LogP contribution in [0.25, 0.3) is 0 Å². The zero-order valence-corrected chi connectivity index (χ0v) is 36.7. The summed E-state index contributed by atoms with van der Waals surface area (Å²) in [5.41, 5.74) is 0. The van der Waals surface area contributed by atoms with Crippen molar-refractivity contribution in [3.63, 3.8) is 0 Å². The van der Waals surface area contributed by atoms with E-state index in [4.69, 9.17) is 19.3 Å². The lowest BCUT2D eigenvalue weighted by Gasteiger charge is -2.18. The number of rotatable bonds is 41. The molecule has 0 aromatic carbocycles. The molecule has 0 aliphatic carbocycles. The van der Waals surface area contributed by atoms with E-state index in [9.17, 15) is 14.2 Å². The van der Waals surface area contributed by atoms with E-state index in [-0.39, 0.29) is 19.4 Å². The summed E-state index contributed by atoms with van der Waals surface area (Å²) in [6, 6.07) is 0. The number of unbranched alkanes of at least 4 members (excludes halogenated alkanes) is 21. The molecule has 0 aromatic heterocycles. The molecule has 0 saturated carbocycles. The Labute approximate surface area is 343 Å². The summed E-state index contributed by atoms with van der Waals surface area (Å²) in [5.74, 6) is -0.922. The molecule has 56 heavy (non-hydrogen) atoms. The SMILES string of the molecule is CCCCC/C=C/C/C=C/C/C=C/C/C=C/CCCCCC(=O)OC[C@H](COP(=O)(O)O)OC(=O)CCCCCCCCCCC/C=C/CCCCCCCC. The summed E-state index contributed by atoms with van der Waals surface area (Å²) in [6.45, 7) is 3.63. The standard InChI is InChI=1S/C47H83O8P/c1-3-5-7-9-11-13-15-17-19-21-23-25-27-29-31-33-35-37-39-41-46(48)53-43-45(44-54-56(50,51)52)55-47(49)42-40-38-36-34-32-30-28-26-24-22-20-18-16-14-12-10-8-6-4-2/h11,13,17-20,23,25,29,31,45H,3-10,12,14-16,21-22,24,26-28,30,32-44H2,1-2H3,(H2,50,51,52)/b13-11+,19-17+,20-18+,25-23+,31-29+/t45-/m1/s1. The monoisotopic (exact) mass is 807 g/mol. The number of hydrogen-bond acceptors (Lipinski definition) is 6. The summed E-state index contributed by atoms with van der Waals surface area (Å²) < 4.78 is 26.4. The van der Waals surface area contributed by atoms with E-state index in [1.165, 1.54) is 109 Å². The van der Waals surface area contributed by atoms with Gasteiger partial charge in [-0.05, 0) is 83.5 Å². The minimum Gasteiger partial charge on any atom is -0.462 e. The Morgan fingerprint density at radius 1 is 0.464 bits per heavy atom. The second kappa shape index (κ2) is 42.4. The van der Waals surface area contributed by atoms with Gasteiger partial charge in [-0.1, -0.05) is 171 Å². The lowest BCUT2D eigenvalue weighted by atomic mass is 10.1. The van der Waals surface area contributed by atoms with Crippen molar-refractivity contribution in [3.8, 4) is 0 Å². The van der Waals surface area contributed by atoms with Gasteiger partial charge in [0.25, 0.3) is 0 Å². The van der Waals surface area contributed by atoms with Gasteiger partial charge in [0.2, 0.25) is 0 Å². The van der Waals surface area contributed by atoms with Gasteiger partial charge in [0.05, 0.1) is 6.61 Å². The van der Waals surface area contributed by atoms with Gasteiger partial charge >= 0.3 is 19.8 Å². The minimum absolute atomic E-state index is 0.201. The highest BCUT2D eigenvalue weighted by Gasteiger charge is 2.22. The highest BCUT2D eigenvalue weighted by atomic mass is 31.2. The van der Waals surface area contributed by atoms with Gasteiger partial charge < -0.3 is 19.3 Å². The summed E-state index contributed by atoms with van der Waals surface area (Å²) in [4.78, 5) is 42.9. The highest BCUT2D eigenvalue weighted by molar-refractivity contribution is 7.46. The van der Waals surface area contributed by atoms with Gasteiger partial charge in [-0.25, -0.2) is 4.57 Å². The highest BCUT2D eigenvalue weighted by Crippen LogP contribution is 2.36. The number of hydrogen-bond donors (Lipinski definition) is 2. The largest absolute Gasteiger partial charge is 0.469 e. The van der Waals surface area contributed by atoms with Crippen LogP contribution in [0.3, 0.4) is 0 Å². The van der Waals surface area contributed by atoms with Gasteiger partial charge in [0, 0.05) is 12.8 Å². The average Bonchev–Trinajstić information content (AvgIpc) is 3.17. The summed E-state index contributed by atoms with van der Waals surface area (Å²) >= 11 is 0. The number of phosphoric ester groups is 1. The summed E-state index contributed by atoms with van der Waals surface area (Å²) in [6.07, 6.45) is 53.7. The third-order valence-electron chi connectivity index (χ3n) is 9.51. The van der Waals surface area contributed by atoms with Gasteiger partial charge in [-0.15, -0.1) is 0 Å². The average molecular weight is 807 g/mol. The molecule has 0 aromatic rings. The second-order valence-electron chi connectivity index (χ2n) is 15.0. The Balaban J connectivity index is 3.96. The van der Waals surface area contributed by atoms with Gasteiger partial charge in [0.15, 0.2) is 6.10 Å². The smallest absolute Gasteiger partial charge is 0.462 e. The van der Waals surface area contributed by atoms with E-state index in [1.54, 1.807) is 0 Å². The Morgan fingerprint density at radius 2 is 0.804 bits per heavy atom. The van der Waals surface area contributed by atoms with Crippen molar-refractivity contribution >= 4 is 19.8 Å². The molecule has 0 unspecified atom stereocenters. The predicted molar refractivity (Wildman–Crippen MR) is 234 cm³/mol. The van der Waals surface area contributed by atoms with E-state index in [0.717, 1.165) is 57.8 Å². The Bertz CT molecular complexity index is 1090. The van der Waals surface area contributed by atoms with E-state index >= 15 is 0 Å². The van der Waals surface area contributed by atoms with Crippen LogP contribution in [0.1, 0.15) is 206 Å². The molecule has 0 fully saturated rings. The lowest BCUT2D eigenvalue weighted by molar-refractivity contribution is -0.161. The first-order valence-electron chi connectivity index (χ1n) is 22.6. The number of allylic oxidation sites excluding steroid dienone is 10. The zero-order chi connectivity index (χ0) is 41.1. The molecule has 9 heteroatoms. The van der Waals surface area contributed by atoms with Crippen LogP contribution in [0.2, 0.25) is 0 Å². The van der Waals surface area contributed by atoms with E-state index in [0.29, 0.717) is 12.8 Å². The minimum atomic E-state index is -4.77. The summed E-state index contributed by atoms with van der Waals surface area (Å²) in [7, 11) is -4.77. The molecule has 0 amide bonds. The van der Waals surface area contributed by atoms with E-state index < -0.39 is 32.5 Å². The Kier molecular flexibility index (Phi) is 40.7. The molecule has 0 bridgehead atoms. The van der Waals surface area contributed by atoms with Crippen LogP contribution in [-0.2, 0) is 28.2 Å². The van der Waals surface area contributed by atoms with Crippen LogP contribution < -0.4 is 0 Å². The van der Waals surface area contributed by atoms with E-state index in [2.05, 4.69) is 79.1 Å². The van der Waals surface area contributed by atoms with Gasteiger partial charge in [-0.3, -0.25) is 14.1 Å². The molecular formula is C47H83O8P. The molecule has 2 N–H and O–H groups in total. The third-order valence-corrected chi connectivity index (χ3v) is 9.99. The van der Waals surface area contributed by atoms with Crippen LogP contribution in [0.5, 0.6) is 0 Å². The first-order valence-corrected chi connectivity index (χ1v) is 24.1. The van der Waals surface area contributed by atoms with Gasteiger partial charge in [-0.2, -0.15) is 0 Å². The number of phosphoric acid groups is 1. The number of carbonyl (C=O) groups excluding carboxylic acids is 2. The first kappa shape index (κ1) is 53.8. The fraction of sp³-hybridized carbons (Fsp3) is 0.745. The van der Waals surface area contributed by atoms with Crippen molar-refractivity contribution in [2.24, 2.45) is 0 Å². The second-order valence-corrected chi connectivity index (χ2v) is 16.3. The fourth-order valence-corrected chi connectivity index (χ4v) is 6.48. The maximum atomic E-state index is 12.4. The van der Waals surface area contributed by atoms with Crippen molar-refractivity contribution in [2.75, 3.05) is 13.2 Å². The topological polar surface area (TPSA) is 119 Å². The van der Waals surface area contributed by atoms with Crippen LogP contribution in [-0.4, -0.2) is 41.0 Å². The van der Waals surface area contributed by atoms with Gasteiger partial charge in [0.1, 0.15) is 6.61 Å². The van der Waals surface area contributed by atoms with Crippen LogP contribution in [0.4, 0.5) is 0 Å². The quantitative estimate of drug-likeness (QED) is 0.0271. The Morgan fingerprint density at radius 3 is 1.27 bits per heavy atom. The van der Waals surface area contributed by atoms with Crippen molar-refractivity contribution in [1.82, 2.24) is 0 Å². The molecule has 0 rings (SSSR count). The summed E-state index contributed by atoms with van der Waals surface area (Å²) in [5, 5.41) is 0. The molecule has 0 spiro atoms. The fourth-order valence-electron chi connectivity index (χ4n) is 6.12. The molecule has 0 aliphatic rings. The van der Waals surface area contributed by atoms with Crippen LogP contribution in [0, 0.1) is 0 Å². The molecule has 0 aliphatic heterocycles. The normalized spacial score (nSPS) is 13.0. The van der Waals surface area contributed by atoms with Crippen molar-refractivity contribution in [2.45, 2.75) is 213 Å². The number of ether oxygens (including phenoxy) is 2. The number of esters is 2. The Hall–Kier alpha value is -2.25. The first-order chi connectivity index (χ1) is 27.3. The molecule has 324 valence electrons. The van der Waals surface area contributed by atoms with Crippen LogP contribution >= 0.6 is 7.82 Å².